The van der Waals surface area contributed by atoms with Gasteiger partial charge in [0.15, 0.2) is 0 Å². The summed E-state index contributed by atoms with van der Waals surface area (Å²) in [6.07, 6.45) is 22.3. The number of rotatable bonds is 19. The van der Waals surface area contributed by atoms with Crippen LogP contribution in [0.4, 0.5) is 0 Å². The summed E-state index contributed by atoms with van der Waals surface area (Å²) < 4.78 is 0. The molecule has 2 nitrogen and oxygen atoms in total. The summed E-state index contributed by atoms with van der Waals surface area (Å²) in [5, 5.41) is 0. The highest BCUT2D eigenvalue weighted by molar-refractivity contribution is 5.46. The normalized spacial score (nSPS) is 12.3. The van der Waals surface area contributed by atoms with Gasteiger partial charge < -0.3 is 4.90 Å². The molecule has 0 aliphatic carbocycles. The first kappa shape index (κ1) is 28.5. The Labute approximate surface area is 184 Å². The number of amides is 1. The maximum Gasteiger partial charge on any atom is 0.209 e. The molecular formula is C27H55NO. The quantitative estimate of drug-likeness (QED) is 0.154. The highest BCUT2D eigenvalue weighted by Crippen LogP contribution is 2.23. The Morgan fingerprint density at radius 3 is 1.03 bits per heavy atom. The van der Waals surface area contributed by atoms with Gasteiger partial charge in [-0.15, -0.1) is 0 Å². The van der Waals surface area contributed by atoms with Crippen molar-refractivity contribution in [2.45, 2.75) is 144 Å². The lowest BCUT2D eigenvalue weighted by Crippen LogP contribution is -2.24. The van der Waals surface area contributed by atoms with E-state index in [2.05, 4.69) is 41.5 Å². The molecule has 0 radical (unpaired) electrons. The molecule has 0 atom stereocenters. The van der Waals surface area contributed by atoms with Crippen LogP contribution in [0.5, 0.6) is 0 Å². The number of hydrogen-bond acceptors (Lipinski definition) is 1. The van der Waals surface area contributed by atoms with Crippen LogP contribution >= 0.6 is 0 Å². The first-order valence-corrected chi connectivity index (χ1v) is 12.8. The Morgan fingerprint density at radius 2 is 0.759 bits per heavy atom. The predicted octanol–water partition coefficient (Wildman–Crippen LogP) is 8.78. The third-order valence-electron chi connectivity index (χ3n) is 5.89. The fourth-order valence-corrected chi connectivity index (χ4v) is 3.93. The van der Waals surface area contributed by atoms with Gasteiger partial charge in [-0.25, -0.2) is 0 Å². The van der Waals surface area contributed by atoms with Crippen LogP contribution < -0.4 is 0 Å². The topological polar surface area (TPSA) is 20.3 Å². The Bertz CT molecular complexity index is 332. The van der Waals surface area contributed by atoms with Gasteiger partial charge in [-0.1, -0.05) is 119 Å². The second-order valence-electron chi connectivity index (χ2n) is 11.7. The summed E-state index contributed by atoms with van der Waals surface area (Å²) in [6.45, 7) is 15.9. The first-order chi connectivity index (χ1) is 13.6. The number of carbonyl (C=O) groups is 1. The molecule has 174 valence electrons. The van der Waals surface area contributed by atoms with E-state index in [9.17, 15) is 4.79 Å². The van der Waals surface area contributed by atoms with Crippen LogP contribution in [0.2, 0.25) is 0 Å². The summed E-state index contributed by atoms with van der Waals surface area (Å²) in [5.41, 5.74) is 0.981. The van der Waals surface area contributed by atoms with E-state index in [0.29, 0.717) is 10.8 Å². The Balaban J connectivity index is 3.40. The van der Waals surface area contributed by atoms with Crippen LogP contribution in [0.25, 0.3) is 0 Å². The van der Waals surface area contributed by atoms with Crippen LogP contribution in [0.15, 0.2) is 0 Å². The van der Waals surface area contributed by atoms with Crippen molar-refractivity contribution in [3.63, 3.8) is 0 Å². The van der Waals surface area contributed by atoms with Gasteiger partial charge in [0.25, 0.3) is 0 Å². The molecule has 0 N–H and O–H groups in total. The smallest absolute Gasteiger partial charge is 0.209 e. The Hall–Kier alpha value is -0.530. The Morgan fingerprint density at radius 1 is 0.483 bits per heavy atom. The van der Waals surface area contributed by atoms with Gasteiger partial charge in [0.2, 0.25) is 6.41 Å². The van der Waals surface area contributed by atoms with Gasteiger partial charge in [-0.05, 0) is 36.5 Å². The third kappa shape index (κ3) is 23.6. The minimum Gasteiger partial charge on any atom is -0.345 e. The SMILES string of the molecule is CC(C)(C)CCCCCCCCCN(C=O)CCCCCCCCCC(C)(C)C. The zero-order valence-electron chi connectivity index (χ0n) is 21.2. The van der Waals surface area contributed by atoms with Gasteiger partial charge in [-0.3, -0.25) is 4.79 Å². The molecule has 0 fully saturated rings. The summed E-state index contributed by atoms with van der Waals surface area (Å²) in [6, 6.07) is 0. The average Bonchev–Trinajstić information content (AvgIpc) is 2.61. The van der Waals surface area contributed by atoms with E-state index in [1.54, 1.807) is 0 Å². The standard InChI is InChI=1S/C27H55NO/c1-26(2,3)21-17-13-9-7-11-15-19-23-28(25-29)24-20-16-12-8-10-14-18-22-27(4,5)6/h25H,7-24H2,1-6H3. The molecule has 0 aromatic rings. The lowest BCUT2D eigenvalue weighted by atomic mass is 9.89. The van der Waals surface area contributed by atoms with Crippen molar-refractivity contribution < 1.29 is 4.79 Å². The molecule has 0 aromatic carbocycles. The average molecular weight is 410 g/mol. The first-order valence-electron chi connectivity index (χ1n) is 12.8. The zero-order valence-corrected chi connectivity index (χ0v) is 21.2. The minimum absolute atomic E-state index is 0.490. The van der Waals surface area contributed by atoms with Crippen LogP contribution in [-0.2, 0) is 4.79 Å². The highest BCUT2D eigenvalue weighted by atomic mass is 16.1. The summed E-state index contributed by atoms with van der Waals surface area (Å²) in [4.78, 5) is 13.3. The van der Waals surface area contributed by atoms with Crippen LogP contribution in [0.1, 0.15) is 144 Å². The summed E-state index contributed by atoms with van der Waals surface area (Å²) in [7, 11) is 0. The van der Waals surface area contributed by atoms with E-state index >= 15 is 0 Å². The molecule has 0 unspecified atom stereocenters. The van der Waals surface area contributed by atoms with Gasteiger partial charge in [0.05, 0.1) is 0 Å². The number of hydrogen-bond donors (Lipinski definition) is 0. The van der Waals surface area contributed by atoms with Crippen LogP contribution in [-0.4, -0.2) is 24.4 Å². The monoisotopic (exact) mass is 409 g/mol. The molecule has 0 rings (SSSR count). The van der Waals surface area contributed by atoms with E-state index in [0.717, 1.165) is 19.5 Å². The fourth-order valence-electron chi connectivity index (χ4n) is 3.93. The van der Waals surface area contributed by atoms with Gasteiger partial charge >= 0.3 is 0 Å². The van der Waals surface area contributed by atoms with Crippen LogP contribution in [0.3, 0.4) is 0 Å². The zero-order chi connectivity index (χ0) is 22.0. The third-order valence-corrected chi connectivity index (χ3v) is 5.89. The van der Waals surface area contributed by atoms with Gasteiger partial charge in [0, 0.05) is 13.1 Å². The molecule has 29 heavy (non-hydrogen) atoms. The molecule has 0 saturated heterocycles. The molecule has 0 saturated carbocycles. The Kier molecular flexibility index (Phi) is 16.9. The number of unbranched alkanes of at least 4 members (excludes halogenated alkanes) is 12. The van der Waals surface area contributed by atoms with E-state index in [-0.39, 0.29) is 0 Å². The van der Waals surface area contributed by atoms with Crippen molar-refractivity contribution in [3.05, 3.63) is 0 Å². The number of carbonyl (C=O) groups excluding carboxylic acids is 1. The summed E-state index contributed by atoms with van der Waals surface area (Å²) in [5.74, 6) is 0. The largest absolute Gasteiger partial charge is 0.345 e. The molecule has 0 aromatic heterocycles. The molecule has 0 spiro atoms. The van der Waals surface area contributed by atoms with E-state index in [1.807, 2.05) is 4.90 Å². The lowest BCUT2D eigenvalue weighted by Gasteiger charge is -2.18. The molecule has 0 heterocycles. The van der Waals surface area contributed by atoms with Crippen molar-refractivity contribution in [2.75, 3.05) is 13.1 Å². The fraction of sp³-hybridized carbons (Fsp3) is 0.963. The van der Waals surface area contributed by atoms with Gasteiger partial charge in [-0.2, -0.15) is 0 Å². The van der Waals surface area contributed by atoms with Crippen molar-refractivity contribution in [2.24, 2.45) is 10.8 Å². The summed E-state index contributed by atoms with van der Waals surface area (Å²) >= 11 is 0. The maximum absolute atomic E-state index is 11.3. The second-order valence-corrected chi connectivity index (χ2v) is 11.7. The predicted molar refractivity (Wildman–Crippen MR) is 130 cm³/mol. The van der Waals surface area contributed by atoms with E-state index in [1.165, 1.54) is 103 Å². The second kappa shape index (κ2) is 17.2. The minimum atomic E-state index is 0.490. The number of nitrogens with zero attached hydrogens (tertiary/aromatic N) is 1. The molecular weight excluding hydrogens is 354 g/mol. The van der Waals surface area contributed by atoms with Crippen molar-refractivity contribution in [1.29, 1.82) is 0 Å². The van der Waals surface area contributed by atoms with Crippen LogP contribution in [0, 0.1) is 10.8 Å². The highest BCUT2D eigenvalue weighted by Gasteiger charge is 2.09. The van der Waals surface area contributed by atoms with E-state index < -0.39 is 0 Å². The lowest BCUT2D eigenvalue weighted by molar-refractivity contribution is -0.118. The molecule has 2 heteroatoms. The van der Waals surface area contributed by atoms with Crippen molar-refractivity contribution >= 4 is 6.41 Å². The molecule has 0 bridgehead atoms. The van der Waals surface area contributed by atoms with Crippen molar-refractivity contribution in [3.8, 4) is 0 Å². The maximum atomic E-state index is 11.3. The molecule has 0 aliphatic rings. The molecule has 0 aliphatic heterocycles. The molecule has 1 amide bonds. The van der Waals surface area contributed by atoms with E-state index in [4.69, 9.17) is 0 Å². The van der Waals surface area contributed by atoms with Gasteiger partial charge in [0.1, 0.15) is 0 Å². The van der Waals surface area contributed by atoms with Crippen molar-refractivity contribution in [1.82, 2.24) is 4.90 Å².